The van der Waals surface area contributed by atoms with Crippen LogP contribution in [0.25, 0.3) is 5.69 Å². The summed E-state index contributed by atoms with van der Waals surface area (Å²) < 4.78 is 19.8. The summed E-state index contributed by atoms with van der Waals surface area (Å²) in [6.07, 6.45) is 3.52. The Labute approximate surface area is 161 Å². The number of rotatable bonds is 7. The summed E-state index contributed by atoms with van der Waals surface area (Å²) in [4.78, 5) is 24.2. The number of amides is 2. The Morgan fingerprint density at radius 1 is 1.18 bits per heavy atom. The molecular weight excluding hydrogens is 363 g/mol. The Bertz CT molecular complexity index is 956. The number of carbonyl (C=O) groups is 2. The van der Waals surface area contributed by atoms with Gasteiger partial charge in [0.25, 0.3) is 5.91 Å². The van der Waals surface area contributed by atoms with Gasteiger partial charge < -0.3 is 15.4 Å². The van der Waals surface area contributed by atoms with E-state index in [-0.39, 0.29) is 24.8 Å². The Kier molecular flexibility index (Phi) is 6.01. The molecule has 3 aromatic rings. The third-order valence-corrected chi connectivity index (χ3v) is 3.92. The highest BCUT2D eigenvalue weighted by Crippen LogP contribution is 2.23. The second kappa shape index (κ2) is 8.81. The second-order valence-corrected chi connectivity index (χ2v) is 5.93. The molecule has 0 saturated heterocycles. The van der Waals surface area contributed by atoms with Crippen molar-refractivity contribution in [1.82, 2.24) is 15.1 Å². The van der Waals surface area contributed by atoms with Crippen LogP contribution in [0.15, 0.2) is 60.9 Å². The molecule has 0 fully saturated rings. The molecule has 7 nitrogen and oxygen atoms in total. The van der Waals surface area contributed by atoms with E-state index in [1.807, 2.05) is 0 Å². The van der Waals surface area contributed by atoms with Gasteiger partial charge in [-0.15, -0.1) is 0 Å². The minimum Gasteiger partial charge on any atom is -0.497 e. The zero-order valence-corrected chi connectivity index (χ0v) is 15.2. The van der Waals surface area contributed by atoms with E-state index in [2.05, 4.69) is 15.7 Å². The van der Waals surface area contributed by atoms with Crippen LogP contribution < -0.4 is 15.4 Å². The maximum absolute atomic E-state index is 12.9. The second-order valence-electron chi connectivity index (χ2n) is 5.93. The molecule has 1 heterocycles. The molecule has 0 aliphatic rings. The number of benzene rings is 2. The molecule has 0 spiro atoms. The first-order valence-electron chi connectivity index (χ1n) is 8.58. The number of anilines is 1. The standard InChI is InChI=1S/C20H19FN4O3/c1-28-18-12-16(11-17(13-18)25-10-2-8-23-25)24-19(26)7-9-22-20(27)14-3-5-15(21)6-4-14/h2-6,8,10-13H,7,9H2,1H3,(H,22,27)(H,24,26). The van der Waals surface area contributed by atoms with Crippen LogP contribution in [0.3, 0.4) is 0 Å². The van der Waals surface area contributed by atoms with Crippen LogP contribution in [0.5, 0.6) is 5.75 Å². The van der Waals surface area contributed by atoms with Crippen molar-refractivity contribution in [2.75, 3.05) is 19.0 Å². The Hall–Kier alpha value is -3.68. The zero-order chi connectivity index (χ0) is 19.9. The number of hydrogen-bond acceptors (Lipinski definition) is 4. The highest BCUT2D eigenvalue weighted by atomic mass is 19.1. The summed E-state index contributed by atoms with van der Waals surface area (Å²) in [6.45, 7) is 0.151. The third-order valence-electron chi connectivity index (χ3n) is 3.92. The van der Waals surface area contributed by atoms with Crippen molar-refractivity contribution in [1.29, 1.82) is 0 Å². The van der Waals surface area contributed by atoms with Crippen LogP contribution in [0.2, 0.25) is 0 Å². The predicted molar refractivity (Wildman–Crippen MR) is 102 cm³/mol. The van der Waals surface area contributed by atoms with E-state index in [0.717, 1.165) is 5.69 Å². The van der Waals surface area contributed by atoms with E-state index in [4.69, 9.17) is 4.74 Å². The molecular formula is C20H19FN4O3. The van der Waals surface area contributed by atoms with Gasteiger partial charge in [-0.3, -0.25) is 9.59 Å². The number of hydrogen-bond donors (Lipinski definition) is 2. The van der Waals surface area contributed by atoms with Gasteiger partial charge in [0.15, 0.2) is 0 Å². The highest BCUT2D eigenvalue weighted by Gasteiger charge is 2.09. The van der Waals surface area contributed by atoms with E-state index in [0.29, 0.717) is 17.0 Å². The van der Waals surface area contributed by atoms with Crippen molar-refractivity contribution in [3.63, 3.8) is 0 Å². The van der Waals surface area contributed by atoms with Gasteiger partial charge in [0.1, 0.15) is 11.6 Å². The average Bonchev–Trinajstić information content (AvgIpc) is 3.23. The summed E-state index contributed by atoms with van der Waals surface area (Å²) in [5.41, 5.74) is 1.63. The van der Waals surface area contributed by atoms with E-state index in [9.17, 15) is 14.0 Å². The monoisotopic (exact) mass is 382 g/mol. The van der Waals surface area contributed by atoms with Crippen molar-refractivity contribution < 1.29 is 18.7 Å². The average molecular weight is 382 g/mol. The molecule has 0 aliphatic heterocycles. The number of methoxy groups -OCH3 is 1. The molecule has 0 radical (unpaired) electrons. The number of halogens is 1. The lowest BCUT2D eigenvalue weighted by atomic mass is 10.2. The molecule has 2 N–H and O–H groups in total. The van der Waals surface area contributed by atoms with Crippen molar-refractivity contribution in [3.8, 4) is 11.4 Å². The quantitative estimate of drug-likeness (QED) is 0.658. The van der Waals surface area contributed by atoms with Gasteiger partial charge >= 0.3 is 0 Å². The van der Waals surface area contributed by atoms with Crippen molar-refractivity contribution in [3.05, 3.63) is 72.3 Å². The molecule has 3 rings (SSSR count). The fraction of sp³-hybridized carbons (Fsp3) is 0.150. The van der Waals surface area contributed by atoms with Crippen molar-refractivity contribution in [2.45, 2.75) is 6.42 Å². The van der Waals surface area contributed by atoms with Gasteiger partial charge in [-0.05, 0) is 36.4 Å². The minimum absolute atomic E-state index is 0.0846. The summed E-state index contributed by atoms with van der Waals surface area (Å²) in [6, 6.07) is 12.2. The van der Waals surface area contributed by atoms with Gasteiger partial charge in [-0.1, -0.05) is 0 Å². The van der Waals surface area contributed by atoms with Crippen LogP contribution in [0.4, 0.5) is 10.1 Å². The van der Waals surface area contributed by atoms with Crippen LogP contribution in [-0.2, 0) is 4.79 Å². The minimum atomic E-state index is -0.413. The topological polar surface area (TPSA) is 85.3 Å². The molecule has 0 aliphatic carbocycles. The largest absolute Gasteiger partial charge is 0.497 e. The van der Waals surface area contributed by atoms with E-state index in [1.54, 1.807) is 48.5 Å². The first kappa shape index (κ1) is 19.1. The lowest BCUT2D eigenvalue weighted by Crippen LogP contribution is -2.27. The predicted octanol–water partition coefficient (Wildman–Crippen LogP) is 2.78. The number of carbonyl (C=O) groups excluding carboxylic acids is 2. The first-order chi connectivity index (χ1) is 13.5. The molecule has 2 amide bonds. The SMILES string of the molecule is COc1cc(NC(=O)CCNC(=O)c2ccc(F)cc2)cc(-n2cccn2)c1. The third kappa shape index (κ3) is 4.94. The smallest absolute Gasteiger partial charge is 0.251 e. The maximum Gasteiger partial charge on any atom is 0.251 e. The number of nitrogens with zero attached hydrogens (tertiary/aromatic N) is 2. The van der Waals surface area contributed by atoms with E-state index >= 15 is 0 Å². The molecule has 8 heteroatoms. The maximum atomic E-state index is 12.9. The summed E-state index contributed by atoms with van der Waals surface area (Å²) >= 11 is 0. The van der Waals surface area contributed by atoms with Crippen molar-refractivity contribution >= 4 is 17.5 Å². The number of ether oxygens (including phenoxy) is 1. The lowest BCUT2D eigenvalue weighted by Gasteiger charge is -2.11. The zero-order valence-electron chi connectivity index (χ0n) is 15.2. The van der Waals surface area contributed by atoms with Crippen LogP contribution in [-0.4, -0.2) is 35.2 Å². The van der Waals surface area contributed by atoms with Crippen LogP contribution in [0.1, 0.15) is 16.8 Å². The summed E-state index contributed by atoms with van der Waals surface area (Å²) in [5, 5.41) is 9.57. The molecule has 1 aromatic heterocycles. The summed E-state index contributed by atoms with van der Waals surface area (Å²) in [7, 11) is 1.54. The van der Waals surface area contributed by atoms with Gasteiger partial charge in [0, 0.05) is 48.7 Å². The highest BCUT2D eigenvalue weighted by molar-refractivity contribution is 5.95. The van der Waals surface area contributed by atoms with Crippen LogP contribution in [0, 0.1) is 5.82 Å². The Morgan fingerprint density at radius 3 is 2.64 bits per heavy atom. The fourth-order valence-electron chi connectivity index (χ4n) is 2.54. The number of nitrogens with one attached hydrogen (secondary N) is 2. The normalized spacial score (nSPS) is 10.4. The molecule has 144 valence electrons. The summed E-state index contributed by atoms with van der Waals surface area (Å²) in [5.74, 6) is -0.467. The molecule has 0 bridgehead atoms. The first-order valence-corrected chi connectivity index (χ1v) is 8.58. The molecule has 2 aromatic carbocycles. The van der Waals surface area contributed by atoms with Gasteiger partial charge in [0.05, 0.1) is 12.8 Å². The molecule has 0 saturated carbocycles. The molecule has 0 atom stereocenters. The Balaban J connectivity index is 1.56. The van der Waals surface area contributed by atoms with Crippen LogP contribution >= 0.6 is 0 Å². The number of aromatic nitrogens is 2. The molecule has 28 heavy (non-hydrogen) atoms. The van der Waals surface area contributed by atoms with Gasteiger partial charge in [-0.25, -0.2) is 9.07 Å². The fourth-order valence-corrected chi connectivity index (χ4v) is 2.54. The molecule has 0 unspecified atom stereocenters. The van der Waals surface area contributed by atoms with Crippen molar-refractivity contribution in [2.24, 2.45) is 0 Å². The van der Waals surface area contributed by atoms with E-state index in [1.165, 1.54) is 24.3 Å². The Morgan fingerprint density at radius 2 is 1.96 bits per heavy atom. The van der Waals surface area contributed by atoms with Gasteiger partial charge in [0.2, 0.25) is 5.91 Å². The van der Waals surface area contributed by atoms with Gasteiger partial charge in [-0.2, -0.15) is 5.10 Å². The lowest BCUT2D eigenvalue weighted by molar-refractivity contribution is -0.116. The van der Waals surface area contributed by atoms with E-state index < -0.39 is 5.82 Å².